The van der Waals surface area contributed by atoms with Crippen LogP contribution in [-0.4, -0.2) is 49.4 Å². The van der Waals surface area contributed by atoms with Gasteiger partial charge >= 0.3 is 0 Å². The molecule has 1 saturated heterocycles. The van der Waals surface area contributed by atoms with Crippen molar-refractivity contribution in [2.75, 3.05) is 39.4 Å². The average molecular weight is 380 g/mol. The molecule has 0 aliphatic carbocycles. The van der Waals surface area contributed by atoms with Gasteiger partial charge in [0.05, 0.1) is 19.8 Å². The highest BCUT2D eigenvalue weighted by atomic mass is 35.5. The molecule has 1 fully saturated rings. The molecule has 2 heterocycles. The SMILES string of the molecule is S=C(NCCN1CCOCC1)NCc1ccc(-c2ccc(Cl)cc2)o1. The van der Waals surface area contributed by atoms with E-state index in [1.165, 1.54) is 0 Å². The average Bonchev–Trinajstić information content (AvgIpc) is 3.10. The Balaban J connectivity index is 1.39. The molecule has 0 unspecified atom stereocenters. The van der Waals surface area contributed by atoms with Crippen molar-refractivity contribution in [3.8, 4) is 11.3 Å². The Bertz CT molecular complexity index is 684. The molecule has 0 atom stereocenters. The maximum atomic E-state index is 5.91. The number of hydrogen-bond donors (Lipinski definition) is 2. The van der Waals surface area contributed by atoms with E-state index >= 15 is 0 Å². The predicted molar refractivity (Wildman–Crippen MR) is 104 cm³/mol. The molecule has 0 amide bonds. The first-order valence-corrected chi connectivity index (χ1v) is 9.16. The summed E-state index contributed by atoms with van der Waals surface area (Å²) in [4.78, 5) is 2.37. The van der Waals surface area contributed by atoms with Crippen LogP contribution in [0.1, 0.15) is 5.76 Å². The Hall–Kier alpha value is -1.60. The van der Waals surface area contributed by atoms with Crippen LogP contribution in [0.3, 0.4) is 0 Å². The number of hydrogen-bond acceptors (Lipinski definition) is 4. The van der Waals surface area contributed by atoms with Gasteiger partial charge in [0.1, 0.15) is 11.5 Å². The first-order valence-electron chi connectivity index (χ1n) is 8.37. The molecule has 1 aliphatic rings. The fourth-order valence-electron chi connectivity index (χ4n) is 2.62. The summed E-state index contributed by atoms with van der Waals surface area (Å²) in [5.41, 5.74) is 1.00. The predicted octanol–water partition coefficient (Wildman–Crippen LogP) is 2.90. The molecule has 1 aromatic carbocycles. The largest absolute Gasteiger partial charge is 0.459 e. The first kappa shape index (κ1) is 18.2. The molecule has 25 heavy (non-hydrogen) atoms. The third-order valence-electron chi connectivity index (χ3n) is 4.03. The van der Waals surface area contributed by atoms with Crippen molar-refractivity contribution in [1.29, 1.82) is 0 Å². The molecule has 0 saturated carbocycles. The van der Waals surface area contributed by atoms with Gasteiger partial charge in [0.2, 0.25) is 0 Å². The number of thiocarbonyl (C=S) groups is 1. The monoisotopic (exact) mass is 379 g/mol. The van der Waals surface area contributed by atoms with Crippen molar-refractivity contribution in [3.05, 3.63) is 47.2 Å². The van der Waals surface area contributed by atoms with Crippen molar-refractivity contribution < 1.29 is 9.15 Å². The summed E-state index contributed by atoms with van der Waals surface area (Å²) in [5.74, 6) is 1.65. The number of rotatable bonds is 6. The Labute approximate surface area is 158 Å². The minimum Gasteiger partial charge on any atom is -0.459 e. The number of furan rings is 1. The highest BCUT2D eigenvalue weighted by Gasteiger charge is 2.10. The topological polar surface area (TPSA) is 49.7 Å². The molecule has 134 valence electrons. The van der Waals surface area contributed by atoms with Crippen molar-refractivity contribution in [2.24, 2.45) is 0 Å². The van der Waals surface area contributed by atoms with Crippen LogP contribution >= 0.6 is 23.8 Å². The number of benzene rings is 1. The normalized spacial score (nSPS) is 15.1. The van der Waals surface area contributed by atoms with Gasteiger partial charge in [-0.2, -0.15) is 0 Å². The third-order valence-corrected chi connectivity index (χ3v) is 4.57. The van der Waals surface area contributed by atoms with E-state index in [1.54, 1.807) is 0 Å². The minimum atomic E-state index is 0.553. The first-order chi connectivity index (χ1) is 12.2. The fourth-order valence-corrected chi connectivity index (χ4v) is 2.92. The van der Waals surface area contributed by atoms with Crippen molar-refractivity contribution in [3.63, 3.8) is 0 Å². The van der Waals surface area contributed by atoms with Gasteiger partial charge < -0.3 is 19.8 Å². The van der Waals surface area contributed by atoms with Gasteiger partial charge in [0.25, 0.3) is 0 Å². The van der Waals surface area contributed by atoms with E-state index in [9.17, 15) is 0 Å². The second-order valence-electron chi connectivity index (χ2n) is 5.84. The van der Waals surface area contributed by atoms with E-state index in [4.69, 9.17) is 33.0 Å². The molecular weight excluding hydrogens is 358 g/mol. The second kappa shape index (κ2) is 9.20. The van der Waals surface area contributed by atoms with Crippen LogP contribution in [-0.2, 0) is 11.3 Å². The van der Waals surface area contributed by atoms with E-state index in [0.717, 1.165) is 56.5 Å². The standard InChI is InChI=1S/C18H22ClN3O2S/c19-15-3-1-14(2-4-15)17-6-5-16(24-17)13-21-18(25)20-7-8-22-9-11-23-12-10-22/h1-6H,7-13H2,(H2,20,21,25). The Morgan fingerprint density at radius 3 is 2.60 bits per heavy atom. The highest BCUT2D eigenvalue weighted by Crippen LogP contribution is 2.23. The molecule has 1 aromatic heterocycles. The number of nitrogens with zero attached hydrogens (tertiary/aromatic N) is 1. The Kier molecular flexibility index (Phi) is 6.69. The van der Waals surface area contributed by atoms with Crippen molar-refractivity contribution in [2.45, 2.75) is 6.54 Å². The quantitative estimate of drug-likeness (QED) is 0.753. The van der Waals surface area contributed by atoms with E-state index < -0.39 is 0 Å². The summed E-state index contributed by atoms with van der Waals surface area (Å²) in [5, 5.41) is 7.75. The van der Waals surface area contributed by atoms with Crippen molar-refractivity contribution in [1.82, 2.24) is 15.5 Å². The molecule has 1 aliphatic heterocycles. The van der Waals surface area contributed by atoms with Gasteiger partial charge in [-0.25, -0.2) is 0 Å². The molecule has 7 heteroatoms. The summed E-state index contributed by atoms with van der Waals surface area (Å²) >= 11 is 11.2. The zero-order valence-electron chi connectivity index (χ0n) is 14.0. The van der Waals surface area contributed by atoms with Crippen LogP contribution in [0.2, 0.25) is 5.02 Å². The fraction of sp³-hybridized carbons (Fsp3) is 0.389. The molecule has 0 radical (unpaired) electrons. The van der Waals surface area contributed by atoms with Crippen molar-refractivity contribution >= 4 is 28.9 Å². The smallest absolute Gasteiger partial charge is 0.166 e. The maximum Gasteiger partial charge on any atom is 0.166 e. The highest BCUT2D eigenvalue weighted by molar-refractivity contribution is 7.80. The summed E-state index contributed by atoms with van der Waals surface area (Å²) < 4.78 is 11.2. The molecule has 2 aromatic rings. The van der Waals surface area contributed by atoms with Crippen LogP contribution in [0, 0.1) is 0 Å². The zero-order valence-corrected chi connectivity index (χ0v) is 15.5. The lowest BCUT2D eigenvalue weighted by molar-refractivity contribution is 0.0389. The van der Waals surface area contributed by atoms with Crippen LogP contribution < -0.4 is 10.6 Å². The summed E-state index contributed by atoms with van der Waals surface area (Å²) in [7, 11) is 0. The minimum absolute atomic E-state index is 0.553. The summed E-state index contributed by atoms with van der Waals surface area (Å²) in [6, 6.07) is 11.5. The van der Waals surface area contributed by atoms with Crippen LogP contribution in [0.15, 0.2) is 40.8 Å². The molecule has 0 spiro atoms. The second-order valence-corrected chi connectivity index (χ2v) is 6.68. The maximum absolute atomic E-state index is 5.91. The lowest BCUT2D eigenvalue weighted by Gasteiger charge is -2.26. The molecule has 2 N–H and O–H groups in total. The number of morpholine rings is 1. The van der Waals surface area contributed by atoms with E-state index in [2.05, 4.69) is 15.5 Å². The molecule has 0 bridgehead atoms. The Morgan fingerprint density at radius 2 is 1.84 bits per heavy atom. The van der Waals surface area contributed by atoms with E-state index in [1.807, 2.05) is 36.4 Å². The summed E-state index contributed by atoms with van der Waals surface area (Å²) in [6.07, 6.45) is 0. The third kappa shape index (κ3) is 5.71. The number of halogens is 1. The van der Waals surface area contributed by atoms with Gasteiger partial charge in [-0.3, -0.25) is 4.90 Å². The van der Waals surface area contributed by atoms with E-state index in [-0.39, 0.29) is 0 Å². The van der Waals surface area contributed by atoms with Gasteiger partial charge in [-0.1, -0.05) is 11.6 Å². The number of nitrogens with one attached hydrogen (secondary N) is 2. The molecule has 5 nitrogen and oxygen atoms in total. The van der Waals surface area contributed by atoms with Crippen LogP contribution in [0.5, 0.6) is 0 Å². The van der Waals surface area contributed by atoms with E-state index in [0.29, 0.717) is 16.7 Å². The number of ether oxygens (including phenoxy) is 1. The Morgan fingerprint density at radius 1 is 1.08 bits per heavy atom. The van der Waals surface area contributed by atoms with Crippen LogP contribution in [0.25, 0.3) is 11.3 Å². The lowest BCUT2D eigenvalue weighted by atomic mass is 10.2. The molecular formula is C18H22ClN3O2S. The van der Waals surface area contributed by atoms with Gasteiger partial charge in [-0.15, -0.1) is 0 Å². The summed E-state index contributed by atoms with van der Waals surface area (Å²) in [6.45, 7) is 5.95. The van der Waals surface area contributed by atoms with Crippen LogP contribution in [0.4, 0.5) is 0 Å². The van der Waals surface area contributed by atoms with Gasteiger partial charge in [-0.05, 0) is 48.6 Å². The molecule has 3 rings (SSSR count). The van der Waals surface area contributed by atoms with Gasteiger partial charge in [0.15, 0.2) is 5.11 Å². The zero-order chi connectivity index (χ0) is 17.5. The van der Waals surface area contributed by atoms with Gasteiger partial charge in [0, 0.05) is 36.8 Å². The lowest BCUT2D eigenvalue weighted by Crippen LogP contribution is -2.43.